The molecule has 6 nitrogen and oxygen atoms in total. The molecular weight excluding hydrogens is 144 g/mol. The molecule has 0 fully saturated rings. The zero-order valence-corrected chi connectivity index (χ0v) is 6.17. The van der Waals surface area contributed by atoms with E-state index in [1.807, 2.05) is 0 Å². The molecule has 1 aromatic rings. The van der Waals surface area contributed by atoms with Crippen molar-refractivity contribution in [3.63, 3.8) is 0 Å². The lowest BCUT2D eigenvalue weighted by atomic mass is 10.3. The molecule has 0 N–H and O–H groups in total. The maximum absolute atomic E-state index is 7.98. The normalized spacial score (nSPS) is 9.18. The van der Waals surface area contributed by atoms with E-state index in [-0.39, 0.29) is 0 Å². The Kier molecular flexibility index (Phi) is 2.46. The van der Waals surface area contributed by atoms with Crippen molar-refractivity contribution in [2.75, 3.05) is 6.54 Å². The van der Waals surface area contributed by atoms with Gasteiger partial charge in [-0.15, -0.1) is 5.10 Å². The maximum atomic E-state index is 7.98. The Morgan fingerprint density at radius 3 is 3.18 bits per heavy atom. The van der Waals surface area contributed by atoms with Crippen molar-refractivity contribution < 1.29 is 0 Å². The van der Waals surface area contributed by atoms with E-state index >= 15 is 0 Å². The summed E-state index contributed by atoms with van der Waals surface area (Å²) in [6.07, 6.45) is 2.35. The SMILES string of the molecule is Cn1nncc1CCN=[N+]=[N-]. The van der Waals surface area contributed by atoms with Crippen LogP contribution in [0.4, 0.5) is 0 Å². The van der Waals surface area contributed by atoms with Crippen LogP contribution < -0.4 is 0 Å². The van der Waals surface area contributed by atoms with Gasteiger partial charge in [0.2, 0.25) is 0 Å². The van der Waals surface area contributed by atoms with Crippen LogP contribution in [0.3, 0.4) is 0 Å². The van der Waals surface area contributed by atoms with Gasteiger partial charge in [-0.2, -0.15) is 0 Å². The molecule has 1 rings (SSSR count). The molecule has 0 radical (unpaired) electrons. The molecule has 58 valence electrons. The van der Waals surface area contributed by atoms with E-state index in [4.69, 9.17) is 5.53 Å². The lowest BCUT2D eigenvalue weighted by molar-refractivity contribution is 0.674. The molecule has 1 aromatic heterocycles. The van der Waals surface area contributed by atoms with Crippen LogP contribution in [0, 0.1) is 0 Å². The highest BCUT2D eigenvalue weighted by molar-refractivity contribution is 4.93. The first-order valence-electron chi connectivity index (χ1n) is 3.19. The molecule has 0 aliphatic carbocycles. The predicted molar refractivity (Wildman–Crippen MR) is 38.7 cm³/mol. The van der Waals surface area contributed by atoms with Gasteiger partial charge in [0.1, 0.15) is 0 Å². The molecule has 0 saturated carbocycles. The molecule has 0 unspecified atom stereocenters. The molecular formula is C5H8N6. The van der Waals surface area contributed by atoms with Crippen LogP contribution in [-0.2, 0) is 13.5 Å². The van der Waals surface area contributed by atoms with Crippen LogP contribution in [0.25, 0.3) is 10.4 Å². The Morgan fingerprint density at radius 1 is 1.82 bits per heavy atom. The van der Waals surface area contributed by atoms with Crippen LogP contribution in [0.15, 0.2) is 11.3 Å². The Hall–Kier alpha value is -1.55. The van der Waals surface area contributed by atoms with Gasteiger partial charge >= 0.3 is 0 Å². The van der Waals surface area contributed by atoms with Crippen molar-refractivity contribution in [2.45, 2.75) is 6.42 Å². The minimum atomic E-state index is 0.456. The van der Waals surface area contributed by atoms with E-state index in [9.17, 15) is 0 Å². The molecule has 1 heterocycles. The van der Waals surface area contributed by atoms with Crippen molar-refractivity contribution >= 4 is 0 Å². The van der Waals surface area contributed by atoms with Gasteiger partial charge in [-0.05, 0) is 12.0 Å². The molecule has 0 saturated heterocycles. The van der Waals surface area contributed by atoms with Crippen molar-refractivity contribution in [3.8, 4) is 0 Å². The van der Waals surface area contributed by atoms with Crippen molar-refractivity contribution in [1.82, 2.24) is 15.0 Å². The van der Waals surface area contributed by atoms with Crippen LogP contribution in [0.5, 0.6) is 0 Å². The Bertz CT molecular complexity index is 270. The highest BCUT2D eigenvalue weighted by Crippen LogP contribution is 1.94. The molecule has 0 aliphatic heterocycles. The van der Waals surface area contributed by atoms with E-state index in [2.05, 4.69) is 20.3 Å². The minimum absolute atomic E-state index is 0.456. The summed E-state index contributed by atoms with van der Waals surface area (Å²) in [4.78, 5) is 2.64. The molecule has 11 heavy (non-hydrogen) atoms. The lowest BCUT2D eigenvalue weighted by Gasteiger charge is -1.94. The quantitative estimate of drug-likeness (QED) is 0.362. The van der Waals surface area contributed by atoms with Crippen molar-refractivity contribution in [2.24, 2.45) is 12.2 Å². The Morgan fingerprint density at radius 2 is 2.64 bits per heavy atom. The van der Waals surface area contributed by atoms with E-state index in [1.54, 1.807) is 17.9 Å². The number of aromatic nitrogens is 3. The number of nitrogens with zero attached hydrogens (tertiary/aromatic N) is 6. The molecule has 0 amide bonds. The molecule has 0 aromatic carbocycles. The first-order chi connectivity index (χ1) is 5.34. The highest BCUT2D eigenvalue weighted by Gasteiger charge is 1.96. The van der Waals surface area contributed by atoms with Gasteiger partial charge < -0.3 is 0 Å². The third kappa shape index (κ3) is 1.94. The third-order valence-corrected chi connectivity index (χ3v) is 1.34. The van der Waals surface area contributed by atoms with E-state index in [0.29, 0.717) is 13.0 Å². The summed E-state index contributed by atoms with van der Waals surface area (Å²) < 4.78 is 1.66. The molecule has 0 bridgehead atoms. The number of rotatable bonds is 3. The van der Waals surface area contributed by atoms with Gasteiger partial charge in [-0.25, -0.2) is 0 Å². The fraction of sp³-hybridized carbons (Fsp3) is 0.600. The van der Waals surface area contributed by atoms with Gasteiger partial charge in [0.05, 0.1) is 11.9 Å². The first-order valence-corrected chi connectivity index (χ1v) is 3.19. The molecule has 6 heteroatoms. The number of hydrogen-bond donors (Lipinski definition) is 0. The fourth-order valence-corrected chi connectivity index (χ4v) is 0.747. The Balaban J connectivity index is 2.50. The number of hydrogen-bond acceptors (Lipinski definition) is 3. The average Bonchev–Trinajstić information content (AvgIpc) is 2.37. The van der Waals surface area contributed by atoms with Crippen LogP contribution in [-0.4, -0.2) is 21.5 Å². The Labute approximate surface area is 63.5 Å². The summed E-state index contributed by atoms with van der Waals surface area (Å²) >= 11 is 0. The monoisotopic (exact) mass is 152 g/mol. The summed E-state index contributed by atoms with van der Waals surface area (Å²) in [6, 6.07) is 0. The second kappa shape index (κ2) is 3.58. The third-order valence-electron chi connectivity index (χ3n) is 1.34. The summed E-state index contributed by atoms with van der Waals surface area (Å²) in [7, 11) is 1.80. The summed E-state index contributed by atoms with van der Waals surface area (Å²) in [5, 5.41) is 10.8. The smallest absolute Gasteiger partial charge is 0.0724 e. The minimum Gasteiger partial charge on any atom is -0.252 e. The van der Waals surface area contributed by atoms with E-state index < -0.39 is 0 Å². The van der Waals surface area contributed by atoms with Crippen LogP contribution in [0.2, 0.25) is 0 Å². The van der Waals surface area contributed by atoms with E-state index in [1.165, 1.54) is 0 Å². The van der Waals surface area contributed by atoms with Gasteiger partial charge in [0, 0.05) is 18.5 Å². The second-order valence-corrected chi connectivity index (χ2v) is 2.05. The van der Waals surface area contributed by atoms with Crippen molar-refractivity contribution in [1.29, 1.82) is 0 Å². The molecule has 0 atom stereocenters. The molecule has 0 spiro atoms. The van der Waals surface area contributed by atoms with E-state index in [0.717, 1.165) is 5.69 Å². The zero-order chi connectivity index (χ0) is 8.10. The highest BCUT2D eigenvalue weighted by atomic mass is 15.4. The topological polar surface area (TPSA) is 79.5 Å². The summed E-state index contributed by atoms with van der Waals surface area (Å²) in [5.41, 5.74) is 8.95. The lowest BCUT2D eigenvalue weighted by Crippen LogP contribution is -1.99. The summed E-state index contributed by atoms with van der Waals surface area (Å²) in [5.74, 6) is 0. The second-order valence-electron chi connectivity index (χ2n) is 2.05. The fourth-order valence-electron chi connectivity index (χ4n) is 0.747. The van der Waals surface area contributed by atoms with Gasteiger partial charge in [0.15, 0.2) is 0 Å². The van der Waals surface area contributed by atoms with Crippen LogP contribution >= 0.6 is 0 Å². The predicted octanol–water partition coefficient (Wildman–Crippen LogP) is 0.668. The number of aryl methyl sites for hydroxylation is 1. The van der Waals surface area contributed by atoms with Gasteiger partial charge in [0.25, 0.3) is 0 Å². The van der Waals surface area contributed by atoms with Crippen molar-refractivity contribution in [3.05, 3.63) is 22.3 Å². The largest absolute Gasteiger partial charge is 0.252 e. The number of azide groups is 1. The van der Waals surface area contributed by atoms with Gasteiger partial charge in [-0.3, -0.25) is 4.68 Å². The first kappa shape index (κ1) is 7.56. The average molecular weight is 152 g/mol. The summed E-state index contributed by atoms with van der Waals surface area (Å²) in [6.45, 7) is 0.456. The van der Waals surface area contributed by atoms with Crippen LogP contribution in [0.1, 0.15) is 5.69 Å². The molecule has 0 aliphatic rings. The maximum Gasteiger partial charge on any atom is 0.0724 e. The zero-order valence-electron chi connectivity index (χ0n) is 6.17. The standard InChI is InChI=1S/C5H8N6/c1-11-5(4-8-10-11)2-3-7-9-6/h4H,2-3H2,1H3. The van der Waals surface area contributed by atoms with Gasteiger partial charge in [-0.1, -0.05) is 10.3 Å².